The summed E-state index contributed by atoms with van der Waals surface area (Å²) in [6.45, 7) is 0. The Balaban J connectivity index is 2.00. The van der Waals surface area contributed by atoms with Crippen molar-refractivity contribution in [2.45, 2.75) is 57.3 Å². The van der Waals surface area contributed by atoms with E-state index in [1.54, 1.807) is 0 Å². The van der Waals surface area contributed by atoms with E-state index in [2.05, 4.69) is 10.1 Å². The summed E-state index contributed by atoms with van der Waals surface area (Å²) >= 11 is 0. The van der Waals surface area contributed by atoms with Crippen molar-refractivity contribution in [2.75, 3.05) is 0 Å². The third-order valence-electron chi connectivity index (χ3n) is 3.18. The zero-order chi connectivity index (χ0) is 11.2. The molecule has 16 heavy (non-hydrogen) atoms. The van der Waals surface area contributed by atoms with Gasteiger partial charge in [-0.25, -0.2) is 0 Å². The summed E-state index contributed by atoms with van der Waals surface area (Å²) in [7, 11) is 0. The molecule has 0 N–H and O–H groups in total. The second kappa shape index (κ2) is 5.64. The van der Waals surface area contributed by atoms with Crippen LogP contribution in [0.15, 0.2) is 4.52 Å². The molecule has 0 aliphatic heterocycles. The van der Waals surface area contributed by atoms with Crippen molar-refractivity contribution in [1.82, 2.24) is 10.1 Å². The van der Waals surface area contributed by atoms with E-state index in [9.17, 15) is 0 Å². The zero-order valence-corrected chi connectivity index (χ0v) is 9.48. The first kappa shape index (κ1) is 11.1. The van der Waals surface area contributed by atoms with E-state index in [0.29, 0.717) is 11.8 Å². The molecule has 0 atom stereocenters. The van der Waals surface area contributed by atoms with Crippen LogP contribution in [-0.4, -0.2) is 10.1 Å². The quantitative estimate of drug-likeness (QED) is 0.767. The number of hydrogen-bond acceptors (Lipinski definition) is 4. The molecule has 0 amide bonds. The molecule has 86 valence electrons. The van der Waals surface area contributed by atoms with Gasteiger partial charge in [0.1, 0.15) is 6.42 Å². The van der Waals surface area contributed by atoms with E-state index in [0.717, 1.165) is 18.7 Å². The van der Waals surface area contributed by atoms with E-state index in [4.69, 9.17) is 9.78 Å². The average molecular weight is 219 g/mol. The van der Waals surface area contributed by atoms with Crippen LogP contribution in [0.25, 0.3) is 0 Å². The van der Waals surface area contributed by atoms with Crippen molar-refractivity contribution < 1.29 is 4.52 Å². The van der Waals surface area contributed by atoms with Crippen molar-refractivity contribution in [2.24, 2.45) is 0 Å². The first-order chi connectivity index (χ1) is 7.90. The molecule has 1 fully saturated rings. The fourth-order valence-corrected chi connectivity index (χ4v) is 2.29. The average Bonchev–Trinajstić information content (AvgIpc) is 2.66. The molecule has 1 aliphatic rings. The molecule has 1 saturated carbocycles. The second-order valence-electron chi connectivity index (χ2n) is 4.42. The van der Waals surface area contributed by atoms with E-state index >= 15 is 0 Å². The van der Waals surface area contributed by atoms with Gasteiger partial charge < -0.3 is 4.52 Å². The molecule has 0 aromatic carbocycles. The van der Waals surface area contributed by atoms with Crippen LogP contribution in [0.2, 0.25) is 0 Å². The third-order valence-corrected chi connectivity index (χ3v) is 3.18. The summed E-state index contributed by atoms with van der Waals surface area (Å²) < 4.78 is 5.05. The molecule has 1 aliphatic carbocycles. The molecule has 1 aromatic heterocycles. The lowest BCUT2D eigenvalue weighted by Crippen LogP contribution is -2.04. The second-order valence-corrected chi connectivity index (χ2v) is 4.42. The maximum absolute atomic E-state index is 8.54. The molecule has 2 rings (SSSR count). The topological polar surface area (TPSA) is 62.7 Å². The molecule has 1 aromatic rings. The fourth-order valence-electron chi connectivity index (χ4n) is 2.29. The standard InChI is InChI=1S/C12H17N3O/c13-9-8-11-14-12(15-16-11)10-6-4-2-1-3-5-7-10/h10H,1-8H2. The minimum absolute atomic E-state index is 0.222. The van der Waals surface area contributed by atoms with Crippen LogP contribution >= 0.6 is 0 Å². The zero-order valence-electron chi connectivity index (χ0n) is 9.48. The summed E-state index contributed by atoms with van der Waals surface area (Å²) in [4.78, 5) is 4.30. The highest BCUT2D eigenvalue weighted by molar-refractivity contribution is 4.98. The summed E-state index contributed by atoms with van der Waals surface area (Å²) in [6, 6.07) is 2.03. The largest absolute Gasteiger partial charge is 0.338 e. The van der Waals surface area contributed by atoms with Crippen LogP contribution in [0.5, 0.6) is 0 Å². The van der Waals surface area contributed by atoms with Gasteiger partial charge in [-0.3, -0.25) is 0 Å². The highest BCUT2D eigenvalue weighted by atomic mass is 16.5. The maximum atomic E-state index is 8.54. The van der Waals surface area contributed by atoms with E-state index in [1.807, 2.05) is 6.07 Å². The van der Waals surface area contributed by atoms with Gasteiger partial charge in [0.05, 0.1) is 6.07 Å². The van der Waals surface area contributed by atoms with E-state index < -0.39 is 0 Å². The van der Waals surface area contributed by atoms with Gasteiger partial charge in [-0.15, -0.1) is 0 Å². The molecule has 4 heteroatoms. The van der Waals surface area contributed by atoms with Crippen molar-refractivity contribution in [3.63, 3.8) is 0 Å². The summed E-state index contributed by atoms with van der Waals surface area (Å²) in [5, 5.41) is 12.5. The number of nitrogens with zero attached hydrogens (tertiary/aromatic N) is 3. The van der Waals surface area contributed by atoms with Crippen LogP contribution in [0, 0.1) is 11.3 Å². The van der Waals surface area contributed by atoms with Gasteiger partial charge in [0.15, 0.2) is 5.82 Å². The number of nitriles is 1. The van der Waals surface area contributed by atoms with E-state index in [-0.39, 0.29) is 6.42 Å². The Morgan fingerprint density at radius 3 is 2.56 bits per heavy atom. The number of aromatic nitrogens is 2. The SMILES string of the molecule is N#CCc1nc(C2CCCCCCC2)no1. The van der Waals surface area contributed by atoms with Gasteiger partial charge in [-0.05, 0) is 12.8 Å². The highest BCUT2D eigenvalue weighted by Crippen LogP contribution is 2.29. The first-order valence-corrected chi connectivity index (χ1v) is 6.09. The van der Waals surface area contributed by atoms with Crippen molar-refractivity contribution in [3.05, 3.63) is 11.7 Å². The van der Waals surface area contributed by atoms with Crippen molar-refractivity contribution in [3.8, 4) is 6.07 Å². The molecule has 4 nitrogen and oxygen atoms in total. The Morgan fingerprint density at radius 1 is 1.19 bits per heavy atom. The summed E-state index contributed by atoms with van der Waals surface area (Å²) in [5.74, 6) is 1.71. The van der Waals surface area contributed by atoms with Crippen LogP contribution in [-0.2, 0) is 6.42 Å². The molecule has 0 unspecified atom stereocenters. The summed E-state index contributed by atoms with van der Waals surface area (Å²) in [6.07, 6.45) is 9.05. The van der Waals surface area contributed by atoms with Gasteiger partial charge in [-0.1, -0.05) is 37.3 Å². The van der Waals surface area contributed by atoms with Gasteiger partial charge in [0.2, 0.25) is 5.89 Å². The maximum Gasteiger partial charge on any atom is 0.240 e. The Kier molecular flexibility index (Phi) is 3.92. The number of hydrogen-bond donors (Lipinski definition) is 0. The van der Waals surface area contributed by atoms with Gasteiger partial charge in [0.25, 0.3) is 0 Å². The molecular weight excluding hydrogens is 202 g/mol. The molecule has 1 heterocycles. The van der Waals surface area contributed by atoms with Gasteiger partial charge >= 0.3 is 0 Å². The normalized spacial score (nSPS) is 18.7. The lowest BCUT2D eigenvalue weighted by atomic mass is 9.91. The Labute approximate surface area is 95.7 Å². The van der Waals surface area contributed by atoms with Crippen LogP contribution in [0.3, 0.4) is 0 Å². The third kappa shape index (κ3) is 2.82. The van der Waals surface area contributed by atoms with Crippen LogP contribution in [0.1, 0.15) is 62.6 Å². The lowest BCUT2D eigenvalue weighted by molar-refractivity contribution is 0.367. The monoisotopic (exact) mass is 219 g/mol. The highest BCUT2D eigenvalue weighted by Gasteiger charge is 2.19. The number of rotatable bonds is 2. The molecule has 0 spiro atoms. The van der Waals surface area contributed by atoms with Crippen molar-refractivity contribution in [1.29, 1.82) is 5.26 Å². The minimum Gasteiger partial charge on any atom is -0.338 e. The minimum atomic E-state index is 0.222. The predicted octanol–water partition coefficient (Wildman–Crippen LogP) is 2.96. The van der Waals surface area contributed by atoms with Crippen LogP contribution < -0.4 is 0 Å². The molecule has 0 saturated heterocycles. The summed E-state index contributed by atoms with van der Waals surface area (Å²) in [5.41, 5.74) is 0. The molecule has 0 radical (unpaired) electrons. The van der Waals surface area contributed by atoms with Crippen LogP contribution in [0.4, 0.5) is 0 Å². The smallest absolute Gasteiger partial charge is 0.240 e. The van der Waals surface area contributed by atoms with E-state index in [1.165, 1.54) is 32.1 Å². The lowest BCUT2D eigenvalue weighted by Gasteiger charge is -2.15. The van der Waals surface area contributed by atoms with Crippen molar-refractivity contribution >= 4 is 0 Å². The molecule has 0 bridgehead atoms. The fraction of sp³-hybridized carbons (Fsp3) is 0.750. The Morgan fingerprint density at radius 2 is 1.88 bits per heavy atom. The first-order valence-electron chi connectivity index (χ1n) is 6.09. The Bertz CT molecular complexity index is 359. The predicted molar refractivity (Wildman–Crippen MR) is 58.7 cm³/mol. The van der Waals surface area contributed by atoms with Gasteiger partial charge in [-0.2, -0.15) is 10.2 Å². The molecular formula is C12H17N3O. The van der Waals surface area contributed by atoms with Gasteiger partial charge in [0, 0.05) is 5.92 Å². The Hall–Kier alpha value is -1.37.